The molecule has 1 heterocycles. The molecule has 1 saturated heterocycles. The van der Waals surface area contributed by atoms with Crippen molar-refractivity contribution in [2.75, 3.05) is 31.1 Å². The van der Waals surface area contributed by atoms with E-state index in [4.69, 9.17) is 16.7 Å². The fourth-order valence-corrected chi connectivity index (χ4v) is 3.10. The lowest BCUT2D eigenvalue weighted by atomic mass is 10.1. The maximum atomic E-state index is 9.04. The van der Waals surface area contributed by atoms with Crippen molar-refractivity contribution < 1.29 is 5.11 Å². The minimum Gasteiger partial charge on any atom is -0.396 e. The average molecular weight is 311 g/mol. The first kappa shape index (κ1) is 16.6. The van der Waals surface area contributed by atoms with E-state index < -0.39 is 0 Å². The smallest absolute Gasteiger partial charge is 0.0471 e. The first-order chi connectivity index (χ1) is 10.1. The zero-order valence-electron chi connectivity index (χ0n) is 13.1. The van der Waals surface area contributed by atoms with Crippen LogP contribution in [0.1, 0.15) is 32.3 Å². The van der Waals surface area contributed by atoms with Gasteiger partial charge in [0.2, 0.25) is 0 Å². The third-order valence-corrected chi connectivity index (χ3v) is 4.44. The van der Waals surface area contributed by atoms with Crippen LogP contribution in [-0.4, -0.2) is 31.3 Å². The first-order valence-electron chi connectivity index (χ1n) is 7.95. The lowest BCUT2D eigenvalue weighted by Gasteiger charge is -2.20. The van der Waals surface area contributed by atoms with Gasteiger partial charge in [0.15, 0.2) is 0 Å². The van der Waals surface area contributed by atoms with Gasteiger partial charge in [0.25, 0.3) is 0 Å². The summed E-state index contributed by atoms with van der Waals surface area (Å²) >= 11 is 6.41. The molecule has 1 aliphatic heterocycles. The molecular formula is C17H27ClN2O. The zero-order chi connectivity index (χ0) is 15.2. The van der Waals surface area contributed by atoms with E-state index in [1.807, 2.05) is 0 Å². The number of aliphatic hydroxyl groups excluding tert-OH is 1. The molecule has 3 nitrogen and oxygen atoms in total. The Kier molecular flexibility index (Phi) is 6.34. The van der Waals surface area contributed by atoms with E-state index in [0.717, 1.165) is 49.6 Å². The van der Waals surface area contributed by atoms with Gasteiger partial charge >= 0.3 is 0 Å². The molecule has 1 fully saturated rings. The molecule has 0 radical (unpaired) electrons. The fraction of sp³-hybridized carbons (Fsp3) is 0.647. The highest BCUT2D eigenvalue weighted by atomic mass is 35.5. The Morgan fingerprint density at radius 2 is 2.24 bits per heavy atom. The largest absolute Gasteiger partial charge is 0.396 e. The highest BCUT2D eigenvalue weighted by molar-refractivity contribution is 6.31. The molecule has 118 valence electrons. The normalized spacial score (nSPS) is 18.7. The van der Waals surface area contributed by atoms with Gasteiger partial charge in [-0.05, 0) is 48.9 Å². The molecule has 1 aromatic carbocycles. The number of anilines is 1. The van der Waals surface area contributed by atoms with Crippen molar-refractivity contribution in [2.24, 2.45) is 11.8 Å². The molecule has 1 aromatic rings. The van der Waals surface area contributed by atoms with Gasteiger partial charge in [-0.1, -0.05) is 31.5 Å². The summed E-state index contributed by atoms with van der Waals surface area (Å²) in [7, 11) is 0. The van der Waals surface area contributed by atoms with E-state index in [1.165, 1.54) is 5.69 Å². The quantitative estimate of drug-likeness (QED) is 0.811. The van der Waals surface area contributed by atoms with E-state index in [-0.39, 0.29) is 0 Å². The van der Waals surface area contributed by atoms with Crippen LogP contribution >= 0.6 is 11.6 Å². The van der Waals surface area contributed by atoms with E-state index in [2.05, 4.69) is 42.3 Å². The van der Waals surface area contributed by atoms with E-state index in [0.29, 0.717) is 18.4 Å². The lowest BCUT2D eigenvalue weighted by molar-refractivity contribution is 0.263. The molecule has 0 bridgehead atoms. The van der Waals surface area contributed by atoms with Gasteiger partial charge in [-0.3, -0.25) is 0 Å². The molecule has 0 aromatic heterocycles. The molecule has 1 aliphatic rings. The molecule has 0 spiro atoms. The summed E-state index contributed by atoms with van der Waals surface area (Å²) in [6, 6.07) is 6.37. The summed E-state index contributed by atoms with van der Waals surface area (Å²) in [4.78, 5) is 2.37. The van der Waals surface area contributed by atoms with Gasteiger partial charge in [0.05, 0.1) is 0 Å². The fourth-order valence-electron chi connectivity index (χ4n) is 2.86. The van der Waals surface area contributed by atoms with Crippen LogP contribution in [-0.2, 0) is 6.54 Å². The summed E-state index contributed by atoms with van der Waals surface area (Å²) in [6.45, 7) is 8.62. The number of hydrogen-bond donors (Lipinski definition) is 2. The first-order valence-corrected chi connectivity index (χ1v) is 8.33. The van der Waals surface area contributed by atoms with Gasteiger partial charge in [0, 0.05) is 37.0 Å². The SMILES string of the molecule is CC(C)CNCc1ccc(N2CCC(CCO)C2)cc1Cl. The molecule has 21 heavy (non-hydrogen) atoms. The van der Waals surface area contributed by atoms with Crippen LogP contribution in [0, 0.1) is 11.8 Å². The van der Waals surface area contributed by atoms with Crippen LogP contribution in [0.25, 0.3) is 0 Å². The summed E-state index contributed by atoms with van der Waals surface area (Å²) < 4.78 is 0. The molecular weight excluding hydrogens is 284 g/mol. The monoisotopic (exact) mass is 310 g/mol. The second-order valence-corrected chi connectivity index (χ2v) is 6.82. The predicted octanol–water partition coefficient (Wildman–Crippen LogP) is 3.29. The zero-order valence-corrected chi connectivity index (χ0v) is 13.9. The second kappa shape index (κ2) is 8.02. The van der Waals surface area contributed by atoms with Crippen molar-refractivity contribution in [3.8, 4) is 0 Å². The molecule has 2 rings (SSSR count). The number of nitrogens with one attached hydrogen (secondary N) is 1. The summed E-state index contributed by atoms with van der Waals surface area (Å²) in [5.41, 5.74) is 2.36. The maximum absolute atomic E-state index is 9.04. The molecule has 2 N–H and O–H groups in total. The standard InChI is InChI=1S/C17H27ClN2O/c1-13(2)10-19-11-15-3-4-16(9-17(15)18)20-7-5-14(12-20)6-8-21/h3-4,9,13-14,19,21H,5-8,10-12H2,1-2H3. The van der Waals surface area contributed by atoms with Crippen LogP contribution in [0.5, 0.6) is 0 Å². The van der Waals surface area contributed by atoms with Gasteiger partial charge < -0.3 is 15.3 Å². The van der Waals surface area contributed by atoms with E-state index in [9.17, 15) is 0 Å². The van der Waals surface area contributed by atoms with Crippen LogP contribution in [0.15, 0.2) is 18.2 Å². The highest BCUT2D eigenvalue weighted by Gasteiger charge is 2.22. The van der Waals surface area contributed by atoms with Crippen molar-refractivity contribution in [1.82, 2.24) is 5.32 Å². The van der Waals surface area contributed by atoms with Crippen LogP contribution in [0.2, 0.25) is 5.02 Å². The number of halogens is 1. The Hall–Kier alpha value is -0.770. The van der Waals surface area contributed by atoms with Crippen molar-refractivity contribution >= 4 is 17.3 Å². The maximum Gasteiger partial charge on any atom is 0.0471 e. The van der Waals surface area contributed by atoms with Crippen molar-refractivity contribution in [3.63, 3.8) is 0 Å². The van der Waals surface area contributed by atoms with Gasteiger partial charge in [0.1, 0.15) is 0 Å². The predicted molar refractivity (Wildman–Crippen MR) is 90.0 cm³/mol. The van der Waals surface area contributed by atoms with Crippen LogP contribution < -0.4 is 10.2 Å². The lowest BCUT2D eigenvalue weighted by Crippen LogP contribution is -2.21. The Morgan fingerprint density at radius 3 is 2.90 bits per heavy atom. The minimum atomic E-state index is 0.291. The minimum absolute atomic E-state index is 0.291. The van der Waals surface area contributed by atoms with Crippen molar-refractivity contribution in [2.45, 2.75) is 33.2 Å². The average Bonchev–Trinajstić information content (AvgIpc) is 2.89. The third kappa shape index (κ3) is 4.87. The molecule has 0 aliphatic carbocycles. The van der Waals surface area contributed by atoms with Crippen molar-refractivity contribution in [1.29, 1.82) is 0 Å². The topological polar surface area (TPSA) is 35.5 Å². The number of nitrogens with zero attached hydrogens (tertiary/aromatic N) is 1. The molecule has 4 heteroatoms. The Balaban J connectivity index is 1.93. The van der Waals surface area contributed by atoms with E-state index >= 15 is 0 Å². The van der Waals surface area contributed by atoms with Gasteiger partial charge in [-0.2, -0.15) is 0 Å². The third-order valence-electron chi connectivity index (χ3n) is 4.09. The summed E-state index contributed by atoms with van der Waals surface area (Å²) in [5.74, 6) is 1.26. The van der Waals surface area contributed by atoms with Crippen LogP contribution in [0.4, 0.5) is 5.69 Å². The van der Waals surface area contributed by atoms with Crippen molar-refractivity contribution in [3.05, 3.63) is 28.8 Å². The molecule has 1 unspecified atom stereocenters. The summed E-state index contributed by atoms with van der Waals surface area (Å²) in [5, 5.41) is 13.3. The summed E-state index contributed by atoms with van der Waals surface area (Å²) in [6.07, 6.45) is 2.07. The Bertz CT molecular complexity index is 450. The Morgan fingerprint density at radius 1 is 1.43 bits per heavy atom. The number of benzene rings is 1. The highest BCUT2D eigenvalue weighted by Crippen LogP contribution is 2.29. The number of aliphatic hydroxyl groups is 1. The number of hydrogen-bond acceptors (Lipinski definition) is 3. The van der Waals surface area contributed by atoms with Gasteiger partial charge in [-0.15, -0.1) is 0 Å². The molecule has 0 amide bonds. The Labute approximate surface area is 133 Å². The molecule has 1 atom stereocenters. The van der Waals surface area contributed by atoms with Gasteiger partial charge in [-0.25, -0.2) is 0 Å². The molecule has 0 saturated carbocycles. The van der Waals surface area contributed by atoms with Crippen LogP contribution in [0.3, 0.4) is 0 Å². The second-order valence-electron chi connectivity index (χ2n) is 6.41. The van der Waals surface area contributed by atoms with E-state index in [1.54, 1.807) is 0 Å². The number of rotatable bonds is 7.